The Bertz CT molecular complexity index is 652. The van der Waals surface area contributed by atoms with E-state index in [1.165, 1.54) is 0 Å². The zero-order valence-electron chi connectivity index (χ0n) is 10.9. The zero-order valence-corrected chi connectivity index (χ0v) is 12.4. The number of rotatable bonds is 3. The van der Waals surface area contributed by atoms with E-state index in [0.29, 0.717) is 22.2 Å². The molecular weight excluding hydrogens is 296 g/mol. The molecule has 0 amide bonds. The Hall–Kier alpha value is -1.46. The summed E-state index contributed by atoms with van der Waals surface area (Å²) in [4.78, 5) is 19.5. The minimum Gasteiger partial charge on any atom is -0.456 e. The van der Waals surface area contributed by atoms with Crippen LogP contribution in [0.4, 0.5) is 0 Å². The Morgan fingerprint density at radius 3 is 2.95 bits per heavy atom. The number of aromatic nitrogens is 2. The number of carbonyl (C=O) groups excluding carboxylic acids is 1. The van der Waals surface area contributed by atoms with Crippen LogP contribution in [0.2, 0.25) is 5.02 Å². The minimum atomic E-state index is -0.364. The third-order valence-electron chi connectivity index (χ3n) is 3.06. The fraction of sp³-hybridized carbons (Fsp3) is 0.286. The van der Waals surface area contributed by atoms with Crippen molar-refractivity contribution in [3.05, 3.63) is 40.7 Å². The number of nitrogens with one attached hydrogen (secondary N) is 1. The third-order valence-corrected chi connectivity index (χ3v) is 4.51. The molecule has 2 heterocycles. The summed E-state index contributed by atoms with van der Waals surface area (Å²) >= 11 is 7.73. The first-order chi connectivity index (χ1) is 9.63. The average Bonchev–Trinajstić information content (AvgIpc) is 2.76. The Labute approximate surface area is 125 Å². The molecule has 1 aliphatic rings. The molecule has 1 saturated heterocycles. The predicted molar refractivity (Wildman–Crippen MR) is 80.3 cm³/mol. The number of esters is 1. The summed E-state index contributed by atoms with van der Waals surface area (Å²) in [6, 6.07) is 7.34. The second-order valence-corrected chi connectivity index (χ2v) is 6.15. The lowest BCUT2D eigenvalue weighted by Crippen LogP contribution is -2.31. The van der Waals surface area contributed by atoms with Crippen molar-refractivity contribution in [2.75, 3.05) is 11.5 Å². The first kappa shape index (κ1) is 13.5. The van der Waals surface area contributed by atoms with Crippen molar-refractivity contribution in [2.24, 2.45) is 0 Å². The van der Waals surface area contributed by atoms with Crippen LogP contribution in [0.3, 0.4) is 0 Å². The van der Waals surface area contributed by atoms with E-state index in [1.807, 2.05) is 19.1 Å². The molecule has 1 N–H and O–H groups in total. The second-order valence-electron chi connectivity index (χ2n) is 4.63. The molecule has 3 rings (SSSR count). The van der Waals surface area contributed by atoms with Gasteiger partial charge in [-0.3, -0.25) is 0 Å². The molecule has 6 heteroatoms. The maximum atomic E-state index is 12.0. The van der Waals surface area contributed by atoms with Crippen LogP contribution in [0.1, 0.15) is 16.2 Å². The predicted octanol–water partition coefficient (Wildman–Crippen LogP) is 3.31. The first-order valence-electron chi connectivity index (χ1n) is 6.25. The van der Waals surface area contributed by atoms with Crippen molar-refractivity contribution in [1.82, 2.24) is 9.97 Å². The summed E-state index contributed by atoms with van der Waals surface area (Å²) in [5.74, 6) is 2.00. The van der Waals surface area contributed by atoms with Gasteiger partial charge in [-0.1, -0.05) is 23.7 Å². The van der Waals surface area contributed by atoms with Gasteiger partial charge in [0.15, 0.2) is 5.69 Å². The Morgan fingerprint density at radius 1 is 1.50 bits per heavy atom. The van der Waals surface area contributed by atoms with Gasteiger partial charge in [-0.25, -0.2) is 9.78 Å². The van der Waals surface area contributed by atoms with E-state index >= 15 is 0 Å². The number of aryl methyl sites for hydroxylation is 1. The number of imidazole rings is 1. The summed E-state index contributed by atoms with van der Waals surface area (Å²) in [5.41, 5.74) is 1.90. The molecule has 0 aliphatic carbocycles. The van der Waals surface area contributed by atoms with Gasteiger partial charge in [0.25, 0.3) is 0 Å². The molecule has 2 aromatic rings. The topological polar surface area (TPSA) is 55.0 Å². The Kier molecular flexibility index (Phi) is 3.72. The molecule has 20 heavy (non-hydrogen) atoms. The standard InChI is InChI=1S/C14H13ClN2O2S/c1-8-12(14(18)19-11-6-20-7-11)17-13(16-8)9-3-2-4-10(15)5-9/h2-5,11H,6-7H2,1H3,(H,16,17). The number of hydrogen-bond donors (Lipinski definition) is 1. The van der Waals surface area contributed by atoms with Crippen LogP contribution >= 0.6 is 23.4 Å². The van der Waals surface area contributed by atoms with Gasteiger partial charge in [0.2, 0.25) is 0 Å². The fourth-order valence-corrected chi connectivity index (χ4v) is 2.68. The fourth-order valence-electron chi connectivity index (χ4n) is 1.92. The molecule has 4 nitrogen and oxygen atoms in total. The minimum absolute atomic E-state index is 0.0261. The van der Waals surface area contributed by atoms with Crippen molar-refractivity contribution in [3.8, 4) is 11.4 Å². The maximum Gasteiger partial charge on any atom is 0.359 e. The summed E-state index contributed by atoms with van der Waals surface area (Å²) in [6.45, 7) is 1.81. The molecule has 0 spiro atoms. The molecule has 1 aliphatic heterocycles. The quantitative estimate of drug-likeness (QED) is 0.884. The van der Waals surface area contributed by atoms with Crippen molar-refractivity contribution < 1.29 is 9.53 Å². The monoisotopic (exact) mass is 308 g/mol. The normalized spacial score (nSPS) is 14.9. The summed E-state index contributed by atoms with van der Waals surface area (Å²) < 4.78 is 5.36. The van der Waals surface area contributed by atoms with E-state index in [4.69, 9.17) is 16.3 Å². The second kappa shape index (κ2) is 5.50. The van der Waals surface area contributed by atoms with Crippen LogP contribution in [-0.4, -0.2) is 33.5 Å². The number of halogens is 1. The van der Waals surface area contributed by atoms with Crippen LogP contribution in [0, 0.1) is 6.92 Å². The molecule has 0 radical (unpaired) electrons. The Morgan fingerprint density at radius 2 is 2.30 bits per heavy atom. The number of thioether (sulfide) groups is 1. The summed E-state index contributed by atoms with van der Waals surface area (Å²) in [7, 11) is 0. The lowest BCUT2D eigenvalue weighted by atomic mass is 10.2. The van der Waals surface area contributed by atoms with Gasteiger partial charge in [0.1, 0.15) is 11.9 Å². The van der Waals surface area contributed by atoms with Crippen molar-refractivity contribution >= 4 is 29.3 Å². The number of benzene rings is 1. The van der Waals surface area contributed by atoms with Gasteiger partial charge in [-0.15, -0.1) is 0 Å². The zero-order chi connectivity index (χ0) is 14.1. The van der Waals surface area contributed by atoms with Crippen LogP contribution in [-0.2, 0) is 4.74 Å². The number of ether oxygens (including phenoxy) is 1. The SMILES string of the molecule is Cc1[nH]c(-c2cccc(Cl)c2)nc1C(=O)OC1CSC1. The molecule has 0 saturated carbocycles. The molecule has 0 bridgehead atoms. The lowest BCUT2D eigenvalue weighted by molar-refractivity contribution is 0.0368. The number of carbonyl (C=O) groups is 1. The lowest BCUT2D eigenvalue weighted by Gasteiger charge is -2.24. The van der Waals surface area contributed by atoms with Crippen LogP contribution < -0.4 is 0 Å². The van der Waals surface area contributed by atoms with Crippen LogP contribution in [0.15, 0.2) is 24.3 Å². The highest BCUT2D eigenvalue weighted by molar-refractivity contribution is 8.00. The van der Waals surface area contributed by atoms with E-state index in [-0.39, 0.29) is 12.1 Å². The maximum absolute atomic E-state index is 12.0. The number of H-pyrrole nitrogens is 1. The molecular formula is C14H13ClN2O2S. The van der Waals surface area contributed by atoms with Gasteiger partial charge in [-0.2, -0.15) is 11.8 Å². The summed E-state index contributed by atoms with van der Waals surface area (Å²) in [6.07, 6.45) is 0.0261. The first-order valence-corrected chi connectivity index (χ1v) is 7.78. The van der Waals surface area contributed by atoms with E-state index in [9.17, 15) is 4.79 Å². The van der Waals surface area contributed by atoms with Crippen molar-refractivity contribution in [2.45, 2.75) is 13.0 Å². The molecule has 0 atom stereocenters. The molecule has 1 aromatic heterocycles. The summed E-state index contributed by atoms with van der Waals surface area (Å²) in [5, 5.41) is 0.632. The van der Waals surface area contributed by atoms with Gasteiger partial charge < -0.3 is 9.72 Å². The van der Waals surface area contributed by atoms with Crippen molar-refractivity contribution in [3.63, 3.8) is 0 Å². The van der Waals surface area contributed by atoms with Crippen molar-refractivity contribution in [1.29, 1.82) is 0 Å². The highest BCUT2D eigenvalue weighted by atomic mass is 35.5. The number of aromatic amines is 1. The molecule has 0 unspecified atom stereocenters. The highest BCUT2D eigenvalue weighted by Crippen LogP contribution is 2.24. The molecule has 1 aromatic carbocycles. The molecule has 1 fully saturated rings. The van der Waals surface area contributed by atoms with E-state index in [0.717, 1.165) is 17.1 Å². The smallest absolute Gasteiger partial charge is 0.359 e. The largest absolute Gasteiger partial charge is 0.456 e. The van der Waals surface area contributed by atoms with E-state index in [1.54, 1.807) is 23.9 Å². The Balaban J connectivity index is 1.84. The number of hydrogen-bond acceptors (Lipinski definition) is 4. The highest BCUT2D eigenvalue weighted by Gasteiger charge is 2.25. The van der Waals surface area contributed by atoms with Gasteiger partial charge in [0, 0.05) is 27.8 Å². The van der Waals surface area contributed by atoms with Crippen LogP contribution in [0.5, 0.6) is 0 Å². The van der Waals surface area contributed by atoms with E-state index < -0.39 is 0 Å². The molecule has 104 valence electrons. The van der Waals surface area contributed by atoms with Gasteiger partial charge in [-0.05, 0) is 19.1 Å². The van der Waals surface area contributed by atoms with Crippen LogP contribution in [0.25, 0.3) is 11.4 Å². The van der Waals surface area contributed by atoms with Gasteiger partial charge >= 0.3 is 5.97 Å². The van der Waals surface area contributed by atoms with E-state index in [2.05, 4.69) is 9.97 Å². The average molecular weight is 309 g/mol. The third kappa shape index (κ3) is 2.69. The number of nitrogens with zero attached hydrogens (tertiary/aromatic N) is 1. The van der Waals surface area contributed by atoms with Gasteiger partial charge in [0.05, 0.1) is 0 Å².